The Hall–Kier alpha value is -0.900. The Balaban J connectivity index is 2.20. The van der Waals surface area contributed by atoms with Crippen molar-refractivity contribution >= 4 is 47.7 Å². The van der Waals surface area contributed by atoms with Gasteiger partial charge in [0.2, 0.25) is 0 Å². The minimum absolute atomic E-state index is 0.0870. The van der Waals surface area contributed by atoms with E-state index in [2.05, 4.69) is 32.4 Å². The fraction of sp³-hybridized carbons (Fsp3) is 0.0625. The SMILES string of the molecule is O=C1c2ccccc2SCc2cccc(C#CSI)c21. The Kier molecular flexibility index (Phi) is 4.39. The summed E-state index contributed by atoms with van der Waals surface area (Å²) in [4.78, 5) is 13.9. The molecule has 0 saturated heterocycles. The van der Waals surface area contributed by atoms with Crippen LogP contribution in [-0.4, -0.2) is 5.78 Å². The first kappa shape index (κ1) is 14.1. The summed E-state index contributed by atoms with van der Waals surface area (Å²) in [5.74, 6) is 3.98. The van der Waals surface area contributed by atoms with Crippen LogP contribution in [0.3, 0.4) is 0 Å². The monoisotopic (exact) mass is 408 g/mol. The Morgan fingerprint density at radius 3 is 2.85 bits per heavy atom. The zero-order valence-corrected chi connectivity index (χ0v) is 14.1. The smallest absolute Gasteiger partial charge is 0.195 e. The van der Waals surface area contributed by atoms with Gasteiger partial charge >= 0.3 is 0 Å². The second kappa shape index (κ2) is 6.25. The number of halogens is 1. The van der Waals surface area contributed by atoms with Gasteiger partial charge in [0, 0.05) is 48.5 Å². The molecule has 1 heterocycles. The number of carbonyl (C=O) groups excluding carboxylic acids is 1. The Morgan fingerprint density at radius 1 is 1.15 bits per heavy atom. The van der Waals surface area contributed by atoms with Gasteiger partial charge in [-0.05, 0) is 37.9 Å². The van der Waals surface area contributed by atoms with E-state index in [1.54, 1.807) is 11.8 Å². The summed E-state index contributed by atoms with van der Waals surface area (Å²) < 4.78 is 0. The molecule has 0 radical (unpaired) electrons. The van der Waals surface area contributed by atoms with E-state index in [-0.39, 0.29) is 5.78 Å². The predicted molar refractivity (Wildman–Crippen MR) is 94.4 cm³/mol. The molecule has 0 bridgehead atoms. The zero-order chi connectivity index (χ0) is 13.9. The largest absolute Gasteiger partial charge is 0.289 e. The van der Waals surface area contributed by atoms with Crippen LogP contribution in [0.5, 0.6) is 0 Å². The molecule has 98 valence electrons. The highest BCUT2D eigenvalue weighted by atomic mass is 127. The maximum absolute atomic E-state index is 12.8. The standard InChI is InChI=1S/C16H9IOS2/c17-20-9-8-11-4-3-5-12-10-19-14-7-2-1-6-13(14)16(18)15(11)12/h1-7H,10H2. The van der Waals surface area contributed by atoms with Crippen LogP contribution < -0.4 is 0 Å². The second-order valence-electron chi connectivity index (χ2n) is 4.26. The van der Waals surface area contributed by atoms with Gasteiger partial charge < -0.3 is 0 Å². The third-order valence-corrected chi connectivity index (χ3v) is 5.08. The van der Waals surface area contributed by atoms with E-state index in [1.807, 2.05) is 42.5 Å². The third-order valence-electron chi connectivity index (χ3n) is 3.12. The lowest BCUT2D eigenvalue weighted by Gasteiger charge is -2.07. The molecule has 0 N–H and O–H groups in total. The summed E-state index contributed by atoms with van der Waals surface area (Å²) in [6.45, 7) is 0. The Labute approximate surface area is 138 Å². The molecule has 2 aromatic carbocycles. The molecule has 1 nitrogen and oxygen atoms in total. The fourth-order valence-corrected chi connectivity index (χ4v) is 3.76. The van der Waals surface area contributed by atoms with Crippen molar-refractivity contribution in [3.8, 4) is 11.2 Å². The molecular formula is C16H9IOS2. The van der Waals surface area contributed by atoms with Crippen molar-refractivity contribution in [2.45, 2.75) is 10.6 Å². The Bertz CT molecular complexity index is 744. The first-order valence-electron chi connectivity index (χ1n) is 5.98. The number of rotatable bonds is 0. The molecule has 0 atom stereocenters. The number of carbonyl (C=O) groups is 1. The molecule has 0 fully saturated rings. The third kappa shape index (κ3) is 2.62. The molecule has 3 rings (SSSR count). The van der Waals surface area contributed by atoms with Gasteiger partial charge in [-0.15, -0.1) is 11.8 Å². The first-order chi connectivity index (χ1) is 9.81. The van der Waals surface area contributed by atoms with Gasteiger partial charge in [-0.1, -0.05) is 30.2 Å². The zero-order valence-electron chi connectivity index (χ0n) is 10.4. The van der Waals surface area contributed by atoms with Crippen LogP contribution in [0.4, 0.5) is 0 Å². The highest BCUT2D eigenvalue weighted by molar-refractivity contribution is 14.2. The average Bonchev–Trinajstić information content (AvgIpc) is 2.64. The van der Waals surface area contributed by atoms with Crippen molar-refractivity contribution in [3.63, 3.8) is 0 Å². The maximum atomic E-state index is 12.8. The summed E-state index contributed by atoms with van der Waals surface area (Å²) in [6.07, 6.45) is 0. The minimum atomic E-state index is 0.0870. The van der Waals surface area contributed by atoms with Crippen molar-refractivity contribution in [3.05, 3.63) is 64.7 Å². The van der Waals surface area contributed by atoms with Gasteiger partial charge in [-0.25, -0.2) is 0 Å². The molecule has 0 spiro atoms. The van der Waals surface area contributed by atoms with Gasteiger partial charge in [-0.2, -0.15) is 0 Å². The molecule has 0 aliphatic carbocycles. The summed E-state index contributed by atoms with van der Waals surface area (Å²) in [7, 11) is 1.43. The number of hydrogen-bond donors (Lipinski definition) is 0. The normalized spacial score (nSPS) is 12.8. The van der Waals surface area contributed by atoms with E-state index in [0.29, 0.717) is 0 Å². The molecular weight excluding hydrogens is 399 g/mol. The summed E-state index contributed by atoms with van der Waals surface area (Å²) >= 11 is 3.85. The van der Waals surface area contributed by atoms with Crippen LogP contribution in [0.1, 0.15) is 27.0 Å². The molecule has 0 aromatic heterocycles. The van der Waals surface area contributed by atoms with Crippen LogP contribution >= 0.6 is 41.9 Å². The number of ketones is 1. The number of thioether (sulfide) groups is 1. The Morgan fingerprint density at radius 2 is 2.00 bits per heavy atom. The number of benzene rings is 2. The minimum Gasteiger partial charge on any atom is -0.289 e. The molecule has 0 unspecified atom stereocenters. The first-order valence-corrected chi connectivity index (χ1v) is 10.3. The van der Waals surface area contributed by atoms with Gasteiger partial charge in [0.25, 0.3) is 0 Å². The topological polar surface area (TPSA) is 17.1 Å². The van der Waals surface area contributed by atoms with Crippen molar-refractivity contribution in [1.82, 2.24) is 0 Å². The van der Waals surface area contributed by atoms with Crippen molar-refractivity contribution in [2.75, 3.05) is 0 Å². The molecule has 1 aliphatic heterocycles. The van der Waals surface area contributed by atoms with Crippen LogP contribution in [0.2, 0.25) is 0 Å². The highest BCUT2D eigenvalue weighted by Crippen LogP contribution is 2.34. The van der Waals surface area contributed by atoms with E-state index in [1.165, 1.54) is 8.93 Å². The molecule has 20 heavy (non-hydrogen) atoms. The predicted octanol–water partition coefficient (Wildman–Crippen LogP) is 4.92. The van der Waals surface area contributed by atoms with E-state index < -0.39 is 0 Å². The van der Waals surface area contributed by atoms with E-state index in [0.717, 1.165) is 32.9 Å². The average molecular weight is 408 g/mol. The number of fused-ring (bicyclic) bond motifs is 2. The van der Waals surface area contributed by atoms with Gasteiger partial charge in [-0.3, -0.25) is 4.79 Å². The van der Waals surface area contributed by atoms with Crippen LogP contribution in [0.25, 0.3) is 0 Å². The van der Waals surface area contributed by atoms with Crippen molar-refractivity contribution in [1.29, 1.82) is 0 Å². The van der Waals surface area contributed by atoms with Crippen molar-refractivity contribution in [2.24, 2.45) is 0 Å². The van der Waals surface area contributed by atoms with Gasteiger partial charge in [0.1, 0.15) is 0 Å². The lowest BCUT2D eigenvalue weighted by molar-refractivity contribution is 0.103. The van der Waals surface area contributed by atoms with Crippen LogP contribution in [-0.2, 0) is 5.75 Å². The van der Waals surface area contributed by atoms with E-state index >= 15 is 0 Å². The quantitative estimate of drug-likeness (QED) is 0.455. The maximum Gasteiger partial charge on any atom is 0.195 e. The van der Waals surface area contributed by atoms with E-state index in [4.69, 9.17) is 0 Å². The number of hydrogen-bond acceptors (Lipinski definition) is 3. The summed E-state index contributed by atoms with van der Waals surface area (Å²) in [6, 6.07) is 13.7. The fourth-order valence-electron chi connectivity index (χ4n) is 2.24. The molecule has 0 saturated carbocycles. The summed E-state index contributed by atoms with van der Waals surface area (Å²) in [5.41, 5.74) is 3.45. The van der Waals surface area contributed by atoms with E-state index in [9.17, 15) is 4.79 Å². The van der Waals surface area contributed by atoms with Gasteiger partial charge in [0.05, 0.1) is 0 Å². The highest BCUT2D eigenvalue weighted by Gasteiger charge is 2.23. The molecule has 1 aliphatic rings. The lowest BCUT2D eigenvalue weighted by Crippen LogP contribution is -2.06. The lowest BCUT2D eigenvalue weighted by atomic mass is 9.94. The second-order valence-corrected chi connectivity index (χ2v) is 6.95. The van der Waals surface area contributed by atoms with Crippen LogP contribution in [0, 0.1) is 11.2 Å². The van der Waals surface area contributed by atoms with Crippen molar-refractivity contribution < 1.29 is 4.79 Å². The van der Waals surface area contributed by atoms with Crippen LogP contribution in [0.15, 0.2) is 47.4 Å². The van der Waals surface area contributed by atoms with Gasteiger partial charge in [0.15, 0.2) is 5.78 Å². The molecule has 4 heteroatoms. The summed E-state index contributed by atoms with van der Waals surface area (Å²) in [5, 5.41) is 2.97. The molecule has 2 aromatic rings. The molecule has 0 amide bonds.